The van der Waals surface area contributed by atoms with Gasteiger partial charge in [0.25, 0.3) is 10.0 Å². The number of nitrogens with zero attached hydrogens (tertiary/aromatic N) is 2. The minimum Gasteiger partial charge on any atom is -0.370 e. The van der Waals surface area contributed by atoms with Crippen LogP contribution in [0.3, 0.4) is 0 Å². The van der Waals surface area contributed by atoms with Crippen LogP contribution >= 0.6 is 0 Å². The lowest BCUT2D eigenvalue weighted by Gasteiger charge is -2.34. The summed E-state index contributed by atoms with van der Waals surface area (Å²) in [6.45, 7) is 1.22. The van der Waals surface area contributed by atoms with Crippen LogP contribution in [0.1, 0.15) is 11.7 Å². The molecule has 6 nitrogen and oxygen atoms in total. The van der Waals surface area contributed by atoms with Gasteiger partial charge in [0.15, 0.2) is 11.6 Å². The molecule has 4 rings (SSSR count). The average molecular weight is 449 g/mol. The zero-order chi connectivity index (χ0) is 22.0. The van der Waals surface area contributed by atoms with E-state index in [1.807, 2.05) is 4.90 Å². The third-order valence-electron chi connectivity index (χ3n) is 4.85. The van der Waals surface area contributed by atoms with E-state index in [1.165, 1.54) is 24.4 Å². The highest BCUT2D eigenvalue weighted by atomic mass is 32.2. The smallest absolute Gasteiger partial charge is 0.263 e. The molecule has 1 unspecified atom stereocenters. The van der Waals surface area contributed by atoms with E-state index >= 15 is 0 Å². The van der Waals surface area contributed by atoms with Crippen molar-refractivity contribution in [3.8, 4) is 0 Å². The molecule has 1 atom stereocenters. The summed E-state index contributed by atoms with van der Waals surface area (Å²) in [7, 11) is -4.04. The number of nitrogens with one attached hydrogen (secondary N) is 1. The summed E-state index contributed by atoms with van der Waals surface area (Å²) >= 11 is 0. The van der Waals surface area contributed by atoms with Gasteiger partial charge >= 0.3 is 0 Å². The second kappa shape index (κ2) is 8.56. The van der Waals surface area contributed by atoms with E-state index in [9.17, 15) is 21.6 Å². The highest BCUT2D eigenvalue weighted by Gasteiger charge is 2.25. The van der Waals surface area contributed by atoms with Crippen molar-refractivity contribution in [3.05, 3.63) is 83.8 Å². The van der Waals surface area contributed by atoms with Crippen LogP contribution in [-0.2, 0) is 14.8 Å². The van der Waals surface area contributed by atoms with Gasteiger partial charge in [-0.05, 0) is 30.3 Å². The molecular formula is C21H18F3N3O3S. The van der Waals surface area contributed by atoms with E-state index in [0.717, 1.165) is 18.2 Å². The first kappa shape index (κ1) is 21.1. The zero-order valence-corrected chi connectivity index (χ0v) is 16.9. The molecule has 0 aliphatic carbocycles. The van der Waals surface area contributed by atoms with Crippen molar-refractivity contribution in [2.45, 2.75) is 11.0 Å². The molecule has 0 saturated carbocycles. The molecular weight excluding hydrogens is 431 g/mol. The normalized spacial score (nSPS) is 16.9. The van der Waals surface area contributed by atoms with Crippen molar-refractivity contribution >= 4 is 21.5 Å². The van der Waals surface area contributed by atoms with Gasteiger partial charge in [0, 0.05) is 30.9 Å². The van der Waals surface area contributed by atoms with Crippen LogP contribution in [-0.4, -0.2) is 33.1 Å². The number of aromatic nitrogens is 1. The predicted molar refractivity (Wildman–Crippen MR) is 109 cm³/mol. The number of benzene rings is 2. The molecule has 1 N–H and O–H groups in total. The third-order valence-corrected chi connectivity index (χ3v) is 6.21. The first-order valence-corrected chi connectivity index (χ1v) is 10.9. The molecule has 1 aliphatic heterocycles. The molecule has 1 saturated heterocycles. The van der Waals surface area contributed by atoms with Gasteiger partial charge < -0.3 is 9.64 Å². The van der Waals surface area contributed by atoms with Gasteiger partial charge in [0.1, 0.15) is 22.6 Å². The van der Waals surface area contributed by atoms with Gasteiger partial charge in [-0.3, -0.25) is 4.72 Å². The number of sulfonamides is 1. The third kappa shape index (κ3) is 4.64. The highest BCUT2D eigenvalue weighted by molar-refractivity contribution is 7.92. The number of rotatable bonds is 5. The van der Waals surface area contributed by atoms with Crippen LogP contribution < -0.4 is 9.62 Å². The molecule has 1 aromatic heterocycles. The van der Waals surface area contributed by atoms with Gasteiger partial charge in [-0.2, -0.15) is 0 Å². The lowest BCUT2D eigenvalue weighted by molar-refractivity contribution is 0.0372. The number of halogens is 3. The largest absolute Gasteiger partial charge is 0.370 e. The Kier molecular flexibility index (Phi) is 5.84. The summed E-state index contributed by atoms with van der Waals surface area (Å²) in [5.41, 5.74) is 0.339. The number of hydrogen-bond donors (Lipinski definition) is 1. The minimum atomic E-state index is -4.04. The second-order valence-corrected chi connectivity index (χ2v) is 8.60. The Morgan fingerprint density at radius 1 is 1.00 bits per heavy atom. The first-order valence-electron chi connectivity index (χ1n) is 9.38. The fourth-order valence-electron chi connectivity index (χ4n) is 3.27. The highest BCUT2D eigenvalue weighted by Crippen LogP contribution is 2.27. The summed E-state index contributed by atoms with van der Waals surface area (Å²) in [4.78, 5) is 5.95. The summed E-state index contributed by atoms with van der Waals surface area (Å²) in [5, 5.41) is 0. The number of morpholine rings is 1. The maximum Gasteiger partial charge on any atom is 0.263 e. The SMILES string of the molecule is O=S(=O)(Nc1ccc(F)c(F)c1)c1ccc(N2CCOC(c3ccccc3F)C2)nc1. The van der Waals surface area contributed by atoms with E-state index in [-0.39, 0.29) is 16.4 Å². The standard InChI is InChI=1S/C21H18F3N3O3S/c22-17-4-2-1-3-16(17)20-13-27(9-10-30-20)21-8-6-15(12-25-21)31(28,29)26-14-5-7-18(23)19(24)11-14/h1-8,11-12,20,26H,9-10,13H2. The molecule has 0 spiro atoms. The summed E-state index contributed by atoms with van der Waals surface area (Å²) < 4.78 is 73.4. The number of ether oxygens (including phenoxy) is 1. The van der Waals surface area contributed by atoms with Crippen LogP contribution in [0.4, 0.5) is 24.7 Å². The fourth-order valence-corrected chi connectivity index (χ4v) is 4.27. The van der Waals surface area contributed by atoms with E-state index in [4.69, 9.17) is 4.74 Å². The van der Waals surface area contributed by atoms with E-state index < -0.39 is 27.8 Å². The minimum absolute atomic E-state index is 0.108. The van der Waals surface area contributed by atoms with Crippen molar-refractivity contribution < 1.29 is 26.3 Å². The van der Waals surface area contributed by atoms with E-state index in [0.29, 0.717) is 31.1 Å². The van der Waals surface area contributed by atoms with Crippen molar-refractivity contribution in [2.24, 2.45) is 0 Å². The quantitative estimate of drug-likeness (QED) is 0.640. The van der Waals surface area contributed by atoms with Crippen LogP contribution in [0.25, 0.3) is 0 Å². The molecule has 162 valence electrons. The van der Waals surface area contributed by atoms with E-state index in [2.05, 4.69) is 9.71 Å². The van der Waals surface area contributed by atoms with Gasteiger partial charge in [-0.15, -0.1) is 0 Å². The Morgan fingerprint density at radius 2 is 1.81 bits per heavy atom. The molecule has 10 heteroatoms. The molecule has 2 aromatic carbocycles. The number of pyridine rings is 1. The Hall–Kier alpha value is -3.11. The lowest BCUT2D eigenvalue weighted by Crippen LogP contribution is -2.39. The molecule has 1 fully saturated rings. The topological polar surface area (TPSA) is 71.5 Å². The van der Waals surface area contributed by atoms with E-state index in [1.54, 1.807) is 18.2 Å². The molecule has 2 heterocycles. The summed E-state index contributed by atoms with van der Waals surface area (Å²) in [6, 6.07) is 12.0. The van der Waals surface area contributed by atoms with Crippen molar-refractivity contribution in [3.63, 3.8) is 0 Å². The Bertz CT molecular complexity index is 1190. The first-order chi connectivity index (χ1) is 14.8. The van der Waals surface area contributed by atoms with Gasteiger partial charge in [-0.1, -0.05) is 18.2 Å². The lowest BCUT2D eigenvalue weighted by atomic mass is 10.1. The van der Waals surface area contributed by atoms with Gasteiger partial charge in [0.05, 0.1) is 12.3 Å². The monoisotopic (exact) mass is 449 g/mol. The fraction of sp³-hybridized carbons (Fsp3) is 0.190. The van der Waals surface area contributed by atoms with Gasteiger partial charge in [-0.25, -0.2) is 26.6 Å². The maximum absolute atomic E-state index is 14.1. The predicted octanol–water partition coefficient (Wildman–Crippen LogP) is 3.88. The van der Waals surface area contributed by atoms with Crippen LogP contribution in [0, 0.1) is 17.5 Å². The van der Waals surface area contributed by atoms with Crippen molar-refractivity contribution in [2.75, 3.05) is 29.3 Å². The summed E-state index contributed by atoms with van der Waals surface area (Å²) in [5.74, 6) is -2.08. The van der Waals surface area contributed by atoms with Crippen LogP contribution in [0.15, 0.2) is 65.7 Å². The second-order valence-electron chi connectivity index (χ2n) is 6.91. The molecule has 0 amide bonds. The average Bonchev–Trinajstić information content (AvgIpc) is 2.77. The van der Waals surface area contributed by atoms with Crippen LogP contribution in [0.2, 0.25) is 0 Å². The van der Waals surface area contributed by atoms with Crippen molar-refractivity contribution in [1.82, 2.24) is 4.98 Å². The molecule has 0 bridgehead atoms. The molecule has 3 aromatic rings. The molecule has 0 radical (unpaired) electrons. The zero-order valence-electron chi connectivity index (χ0n) is 16.1. The number of hydrogen-bond acceptors (Lipinski definition) is 5. The molecule has 31 heavy (non-hydrogen) atoms. The van der Waals surface area contributed by atoms with Gasteiger partial charge in [0.2, 0.25) is 0 Å². The summed E-state index contributed by atoms with van der Waals surface area (Å²) in [6.07, 6.45) is 0.695. The Balaban J connectivity index is 1.49. The van der Waals surface area contributed by atoms with Crippen LogP contribution in [0.5, 0.6) is 0 Å². The van der Waals surface area contributed by atoms with Crippen molar-refractivity contribution in [1.29, 1.82) is 0 Å². The molecule has 1 aliphatic rings. The number of anilines is 2. The Morgan fingerprint density at radius 3 is 2.52 bits per heavy atom. The Labute approximate surface area is 177 Å². The maximum atomic E-state index is 14.1.